The van der Waals surface area contributed by atoms with Crippen LogP contribution in [0.25, 0.3) is 82.2 Å². The van der Waals surface area contributed by atoms with Gasteiger partial charge in [-0.05, 0) is 109 Å². The Morgan fingerprint density at radius 1 is 0.482 bits per heavy atom. The minimum atomic E-state index is -2.28. The van der Waals surface area contributed by atoms with E-state index in [0.29, 0.717) is 0 Å². The third-order valence-electron chi connectivity index (χ3n) is 11.3. The normalized spacial score (nSPS) is 12.9. The zero-order valence-electron chi connectivity index (χ0n) is 30.6. The summed E-state index contributed by atoms with van der Waals surface area (Å²) in [6.07, 6.45) is 3.74. The van der Waals surface area contributed by atoms with Crippen LogP contribution in [0.1, 0.15) is 5.56 Å². The predicted octanol–water partition coefficient (Wildman–Crippen LogP) is 11.9. The first kappa shape index (κ1) is 32.9. The molecule has 0 N–H and O–H groups in total. The van der Waals surface area contributed by atoms with Crippen LogP contribution < -0.4 is 15.9 Å². The van der Waals surface area contributed by atoms with Gasteiger partial charge in [0.05, 0.1) is 16.6 Å². The molecular weight excluding hydrogens is 718 g/mol. The van der Waals surface area contributed by atoms with Crippen molar-refractivity contribution >= 4 is 93.7 Å². The van der Waals surface area contributed by atoms with Crippen molar-refractivity contribution in [3.63, 3.8) is 0 Å². The third-order valence-corrected chi connectivity index (χ3v) is 16.3. The molecule has 0 amide bonds. The van der Waals surface area contributed by atoms with Gasteiger partial charge in [0.2, 0.25) is 0 Å². The third kappa shape index (κ3) is 5.14. The minimum absolute atomic E-state index is 0.970. The van der Waals surface area contributed by atoms with Gasteiger partial charge >= 0.3 is 0 Å². The molecule has 0 aliphatic rings. The fraction of sp³-hybridized carbons (Fsp3) is 0.0196. The van der Waals surface area contributed by atoms with Crippen molar-refractivity contribution < 1.29 is 0 Å². The maximum Gasteiger partial charge on any atom is 0.147 e. The Balaban J connectivity index is 1.10. The van der Waals surface area contributed by atoms with Crippen LogP contribution in [0.15, 0.2) is 188 Å². The summed E-state index contributed by atoms with van der Waals surface area (Å²) < 4.78 is 2.36. The number of benzene rings is 8. The number of hydrogen-bond acceptors (Lipinski definition) is 3. The van der Waals surface area contributed by atoms with Gasteiger partial charge in [0.1, 0.15) is 5.65 Å². The van der Waals surface area contributed by atoms with Crippen LogP contribution in [-0.4, -0.2) is 14.4 Å². The summed E-state index contributed by atoms with van der Waals surface area (Å²) in [6, 6.07) is 61.6. The average molecular weight is 752 g/mol. The standard InChI is InChI=1S/C51H34N3PS/c1-33-9-7-14-42(27-33)55(56,41-12-3-2-4-13-41)43-22-18-36-28-35(16-17-37(36)29-43)38-21-25-48-46(30-38)45-23-19-34-10-5-6-15-44(34)50(45)51-53-47-24-20-39(31-49(47)54(48)51)40-11-8-26-52-32-40/h2-32H,1H3. The summed E-state index contributed by atoms with van der Waals surface area (Å²) in [5.41, 5.74) is 9.93. The Bertz CT molecular complexity index is 3410. The first-order valence-electron chi connectivity index (χ1n) is 18.9. The number of nitrogens with zero attached hydrogens (tertiary/aromatic N) is 3. The van der Waals surface area contributed by atoms with Gasteiger partial charge in [-0.2, -0.15) is 0 Å². The highest BCUT2D eigenvalue weighted by Gasteiger charge is 2.25. The lowest BCUT2D eigenvalue weighted by Crippen LogP contribution is -2.25. The molecule has 3 heterocycles. The number of fused-ring (bicyclic) bond motifs is 11. The van der Waals surface area contributed by atoms with Crippen LogP contribution in [0.2, 0.25) is 0 Å². The Morgan fingerprint density at radius 3 is 2.09 bits per heavy atom. The molecule has 0 saturated heterocycles. The van der Waals surface area contributed by atoms with Crippen molar-refractivity contribution in [3.05, 3.63) is 194 Å². The molecule has 1 unspecified atom stereocenters. The summed E-state index contributed by atoms with van der Waals surface area (Å²) >= 11 is 6.73. The van der Waals surface area contributed by atoms with Gasteiger partial charge in [-0.1, -0.05) is 151 Å². The molecule has 3 aromatic heterocycles. The fourth-order valence-electron chi connectivity index (χ4n) is 8.58. The molecule has 0 aliphatic heterocycles. The highest BCUT2D eigenvalue weighted by atomic mass is 32.4. The molecule has 5 heteroatoms. The molecule has 0 radical (unpaired) electrons. The van der Waals surface area contributed by atoms with Crippen LogP contribution in [-0.2, 0) is 11.8 Å². The number of aromatic nitrogens is 3. The average Bonchev–Trinajstić information content (AvgIpc) is 3.65. The van der Waals surface area contributed by atoms with E-state index in [1.807, 2.05) is 18.5 Å². The van der Waals surface area contributed by atoms with Crippen molar-refractivity contribution in [3.8, 4) is 22.3 Å². The van der Waals surface area contributed by atoms with Gasteiger partial charge in [-0.3, -0.25) is 9.38 Å². The van der Waals surface area contributed by atoms with Crippen molar-refractivity contribution in [2.75, 3.05) is 0 Å². The maximum atomic E-state index is 6.73. The second-order valence-electron chi connectivity index (χ2n) is 14.7. The van der Waals surface area contributed by atoms with E-state index in [1.54, 1.807) is 0 Å². The van der Waals surface area contributed by atoms with Gasteiger partial charge in [0.25, 0.3) is 0 Å². The minimum Gasteiger partial charge on any atom is -0.292 e. The molecule has 0 bridgehead atoms. The quantitative estimate of drug-likeness (QED) is 0.130. The number of pyridine rings is 2. The molecule has 56 heavy (non-hydrogen) atoms. The van der Waals surface area contributed by atoms with E-state index in [4.69, 9.17) is 16.8 Å². The van der Waals surface area contributed by atoms with Crippen LogP contribution in [0.3, 0.4) is 0 Å². The lowest BCUT2D eigenvalue weighted by molar-refractivity contribution is 1.31. The summed E-state index contributed by atoms with van der Waals surface area (Å²) in [7, 11) is 0. The molecule has 0 aliphatic carbocycles. The first-order valence-corrected chi connectivity index (χ1v) is 21.7. The zero-order chi connectivity index (χ0) is 37.4. The smallest absolute Gasteiger partial charge is 0.147 e. The van der Waals surface area contributed by atoms with Gasteiger partial charge in [0.15, 0.2) is 0 Å². The van der Waals surface area contributed by atoms with Crippen LogP contribution in [0.5, 0.6) is 0 Å². The summed E-state index contributed by atoms with van der Waals surface area (Å²) in [4.78, 5) is 9.69. The van der Waals surface area contributed by atoms with Crippen molar-refractivity contribution in [1.82, 2.24) is 14.4 Å². The van der Waals surface area contributed by atoms with Crippen LogP contribution >= 0.6 is 6.04 Å². The number of rotatable bonds is 5. The molecule has 11 aromatic rings. The topological polar surface area (TPSA) is 30.2 Å². The maximum absolute atomic E-state index is 6.73. The molecule has 264 valence electrons. The van der Waals surface area contributed by atoms with E-state index in [2.05, 4.69) is 186 Å². The zero-order valence-corrected chi connectivity index (χ0v) is 32.3. The van der Waals surface area contributed by atoms with Gasteiger partial charge in [-0.25, -0.2) is 4.98 Å². The molecule has 0 saturated carbocycles. The number of hydrogen-bond donors (Lipinski definition) is 0. The van der Waals surface area contributed by atoms with E-state index >= 15 is 0 Å². The summed E-state index contributed by atoms with van der Waals surface area (Å²) in [6.45, 7) is 2.15. The van der Waals surface area contributed by atoms with Crippen LogP contribution in [0, 0.1) is 6.92 Å². The molecule has 0 fully saturated rings. The fourth-order valence-corrected chi connectivity index (χ4v) is 12.4. The van der Waals surface area contributed by atoms with Gasteiger partial charge in [-0.15, -0.1) is 0 Å². The van der Waals surface area contributed by atoms with E-state index in [1.165, 1.54) is 70.3 Å². The summed E-state index contributed by atoms with van der Waals surface area (Å²) in [5, 5.41) is 12.0. The van der Waals surface area contributed by atoms with E-state index in [-0.39, 0.29) is 0 Å². The molecule has 3 nitrogen and oxygen atoms in total. The van der Waals surface area contributed by atoms with Crippen molar-refractivity contribution in [1.29, 1.82) is 0 Å². The highest BCUT2D eigenvalue weighted by Crippen LogP contribution is 2.44. The second-order valence-corrected chi connectivity index (χ2v) is 19.1. The molecule has 11 rings (SSSR count). The Hall–Kier alpha value is -6.45. The monoisotopic (exact) mass is 751 g/mol. The Kier molecular flexibility index (Phi) is 7.54. The number of imidazole rings is 1. The van der Waals surface area contributed by atoms with Crippen LogP contribution in [0.4, 0.5) is 0 Å². The lowest BCUT2D eigenvalue weighted by Gasteiger charge is -2.25. The van der Waals surface area contributed by atoms with E-state index < -0.39 is 6.04 Å². The Morgan fingerprint density at radius 2 is 1.21 bits per heavy atom. The second kappa shape index (κ2) is 12.8. The molecule has 0 spiro atoms. The predicted molar refractivity (Wildman–Crippen MR) is 242 cm³/mol. The SMILES string of the molecule is Cc1cccc(P(=S)(c2ccccc2)c2ccc3cc(-c4ccc5c(c4)c4ccc6ccccc6c4c4nc6ccc(-c7cccnc7)cc6n54)ccc3c2)c1. The molecular formula is C51H34N3PS. The largest absolute Gasteiger partial charge is 0.292 e. The number of aryl methyl sites for hydroxylation is 1. The summed E-state index contributed by atoms with van der Waals surface area (Å²) in [5.74, 6) is 0. The Labute approximate surface area is 329 Å². The molecule has 8 aromatic carbocycles. The van der Waals surface area contributed by atoms with Gasteiger partial charge < -0.3 is 0 Å². The van der Waals surface area contributed by atoms with E-state index in [9.17, 15) is 0 Å². The van der Waals surface area contributed by atoms with Crippen molar-refractivity contribution in [2.24, 2.45) is 0 Å². The highest BCUT2D eigenvalue weighted by molar-refractivity contribution is 8.25. The lowest BCUT2D eigenvalue weighted by atomic mass is 9.96. The first-order chi connectivity index (χ1) is 27.5. The van der Waals surface area contributed by atoms with Crippen molar-refractivity contribution in [2.45, 2.75) is 6.92 Å². The van der Waals surface area contributed by atoms with Gasteiger partial charge in [0, 0.05) is 34.8 Å². The van der Waals surface area contributed by atoms with E-state index in [0.717, 1.165) is 33.3 Å². The molecule has 1 atom stereocenters.